The molecule has 2 unspecified atom stereocenters. The Balaban J connectivity index is 1.92. The number of rotatable bonds is 1. The number of piperidine rings is 1. The summed E-state index contributed by atoms with van der Waals surface area (Å²) in [5.74, 6) is 0.868. The van der Waals surface area contributed by atoms with Crippen LogP contribution in [0.2, 0.25) is 0 Å². The predicted octanol–water partition coefficient (Wildman–Crippen LogP) is -0.368. The van der Waals surface area contributed by atoms with Crippen molar-refractivity contribution in [2.24, 2.45) is 5.92 Å². The summed E-state index contributed by atoms with van der Waals surface area (Å²) in [4.78, 5) is 13.9. The topological polar surface area (TPSA) is 66.5 Å². The maximum atomic E-state index is 12.2. The van der Waals surface area contributed by atoms with E-state index in [0.717, 1.165) is 19.4 Å². The fourth-order valence-electron chi connectivity index (χ4n) is 2.45. The van der Waals surface area contributed by atoms with E-state index in [1.165, 1.54) is 0 Å². The van der Waals surface area contributed by atoms with Gasteiger partial charge in [0.2, 0.25) is 5.91 Å². The number of hydrogen-bond donors (Lipinski definition) is 1. The van der Waals surface area contributed by atoms with E-state index in [2.05, 4.69) is 12.2 Å². The lowest BCUT2D eigenvalue weighted by Gasteiger charge is -2.34. The summed E-state index contributed by atoms with van der Waals surface area (Å²) in [6.45, 7) is 3.74. The molecule has 0 aliphatic carbocycles. The molecule has 0 aromatic carbocycles. The van der Waals surface area contributed by atoms with Gasteiger partial charge >= 0.3 is 0 Å². The molecule has 0 aromatic heterocycles. The van der Waals surface area contributed by atoms with Crippen molar-refractivity contribution in [3.05, 3.63) is 0 Å². The van der Waals surface area contributed by atoms with E-state index in [-0.39, 0.29) is 23.5 Å². The monoisotopic (exact) mass is 260 g/mol. The summed E-state index contributed by atoms with van der Waals surface area (Å²) in [5, 5.41) is 3.23. The van der Waals surface area contributed by atoms with Crippen LogP contribution in [-0.2, 0) is 14.6 Å². The maximum Gasteiger partial charge on any atom is 0.239 e. The third-order valence-electron chi connectivity index (χ3n) is 3.62. The van der Waals surface area contributed by atoms with Crippen molar-refractivity contribution in [1.29, 1.82) is 0 Å². The molecule has 6 heteroatoms. The van der Waals surface area contributed by atoms with Crippen LogP contribution in [0.15, 0.2) is 0 Å². The van der Waals surface area contributed by atoms with Crippen molar-refractivity contribution < 1.29 is 13.2 Å². The van der Waals surface area contributed by atoms with Gasteiger partial charge in [0.05, 0.1) is 17.5 Å². The second-order valence-corrected chi connectivity index (χ2v) is 7.42. The van der Waals surface area contributed by atoms with Crippen LogP contribution in [0.4, 0.5) is 0 Å². The summed E-state index contributed by atoms with van der Waals surface area (Å²) in [6.07, 6.45) is 1.97. The highest BCUT2D eigenvalue weighted by Gasteiger charge is 2.31. The maximum absolute atomic E-state index is 12.2. The van der Waals surface area contributed by atoms with Gasteiger partial charge in [-0.3, -0.25) is 4.79 Å². The SMILES string of the molecule is CC1CCNC(C(=O)N2CCS(=O)(=O)CC2)C1. The van der Waals surface area contributed by atoms with Crippen molar-refractivity contribution in [1.82, 2.24) is 10.2 Å². The summed E-state index contributed by atoms with van der Waals surface area (Å²) < 4.78 is 22.6. The van der Waals surface area contributed by atoms with Crippen LogP contribution in [0.3, 0.4) is 0 Å². The molecule has 2 aliphatic heterocycles. The quantitative estimate of drug-likeness (QED) is 0.698. The van der Waals surface area contributed by atoms with Gasteiger partial charge in [-0.15, -0.1) is 0 Å². The van der Waals surface area contributed by atoms with Gasteiger partial charge in [0.15, 0.2) is 9.84 Å². The normalized spacial score (nSPS) is 33.4. The number of sulfone groups is 1. The Hall–Kier alpha value is -0.620. The highest BCUT2D eigenvalue weighted by molar-refractivity contribution is 7.91. The number of nitrogens with zero attached hydrogens (tertiary/aromatic N) is 1. The molecular weight excluding hydrogens is 240 g/mol. The van der Waals surface area contributed by atoms with E-state index in [1.807, 2.05) is 0 Å². The number of nitrogens with one attached hydrogen (secondary N) is 1. The molecule has 0 spiro atoms. The lowest BCUT2D eigenvalue weighted by Crippen LogP contribution is -2.53. The molecule has 17 heavy (non-hydrogen) atoms. The average molecular weight is 260 g/mol. The van der Waals surface area contributed by atoms with Gasteiger partial charge in [-0.25, -0.2) is 8.42 Å². The lowest BCUT2D eigenvalue weighted by molar-refractivity contribution is -0.134. The van der Waals surface area contributed by atoms with E-state index in [4.69, 9.17) is 0 Å². The predicted molar refractivity (Wildman–Crippen MR) is 65.4 cm³/mol. The van der Waals surface area contributed by atoms with Crippen molar-refractivity contribution in [3.8, 4) is 0 Å². The summed E-state index contributed by atoms with van der Waals surface area (Å²) in [5.41, 5.74) is 0. The molecule has 5 nitrogen and oxygen atoms in total. The van der Waals surface area contributed by atoms with E-state index in [0.29, 0.717) is 19.0 Å². The molecule has 0 aromatic rings. The minimum absolute atomic E-state index is 0.0754. The Morgan fingerprint density at radius 2 is 1.94 bits per heavy atom. The summed E-state index contributed by atoms with van der Waals surface area (Å²) in [7, 11) is -2.90. The minimum Gasteiger partial charge on any atom is -0.339 e. The summed E-state index contributed by atoms with van der Waals surface area (Å²) >= 11 is 0. The van der Waals surface area contributed by atoms with Gasteiger partial charge in [0.25, 0.3) is 0 Å². The van der Waals surface area contributed by atoms with Crippen molar-refractivity contribution in [2.75, 3.05) is 31.1 Å². The van der Waals surface area contributed by atoms with Crippen LogP contribution in [0.25, 0.3) is 0 Å². The second-order valence-electron chi connectivity index (χ2n) is 5.11. The first-order valence-electron chi connectivity index (χ1n) is 6.20. The van der Waals surface area contributed by atoms with E-state index in [1.54, 1.807) is 4.90 Å². The Morgan fingerprint density at radius 1 is 1.29 bits per heavy atom. The molecule has 0 saturated carbocycles. The minimum atomic E-state index is -2.90. The van der Waals surface area contributed by atoms with Crippen molar-refractivity contribution >= 4 is 15.7 Å². The molecule has 2 atom stereocenters. The van der Waals surface area contributed by atoms with Gasteiger partial charge < -0.3 is 10.2 Å². The zero-order valence-electron chi connectivity index (χ0n) is 10.2. The van der Waals surface area contributed by atoms with Crippen LogP contribution >= 0.6 is 0 Å². The first-order valence-corrected chi connectivity index (χ1v) is 8.03. The zero-order valence-corrected chi connectivity index (χ0v) is 11.0. The largest absolute Gasteiger partial charge is 0.339 e. The molecule has 0 bridgehead atoms. The lowest BCUT2D eigenvalue weighted by atomic mass is 9.93. The standard InChI is InChI=1S/C11H20N2O3S/c1-9-2-3-12-10(8-9)11(14)13-4-6-17(15,16)7-5-13/h9-10,12H,2-8H2,1H3. The van der Waals surface area contributed by atoms with Crippen molar-refractivity contribution in [3.63, 3.8) is 0 Å². The molecule has 2 rings (SSSR count). The van der Waals surface area contributed by atoms with Crippen LogP contribution in [0.1, 0.15) is 19.8 Å². The van der Waals surface area contributed by atoms with Crippen molar-refractivity contribution in [2.45, 2.75) is 25.8 Å². The average Bonchev–Trinajstić information content (AvgIpc) is 2.28. The Labute approximate surface area is 102 Å². The highest BCUT2D eigenvalue weighted by Crippen LogP contribution is 2.17. The third kappa shape index (κ3) is 3.19. The third-order valence-corrected chi connectivity index (χ3v) is 5.23. The van der Waals surface area contributed by atoms with Crippen LogP contribution in [0.5, 0.6) is 0 Å². The molecule has 1 N–H and O–H groups in total. The van der Waals surface area contributed by atoms with Gasteiger partial charge in [0, 0.05) is 13.1 Å². The highest BCUT2D eigenvalue weighted by atomic mass is 32.2. The first kappa shape index (κ1) is 12.8. The molecule has 2 aliphatic rings. The Kier molecular flexibility index (Phi) is 3.73. The fraction of sp³-hybridized carbons (Fsp3) is 0.909. The zero-order chi connectivity index (χ0) is 12.5. The molecule has 98 valence electrons. The number of carbonyl (C=O) groups excluding carboxylic acids is 1. The molecule has 2 saturated heterocycles. The van der Waals surface area contributed by atoms with E-state index >= 15 is 0 Å². The van der Waals surface area contributed by atoms with Crippen LogP contribution in [0, 0.1) is 5.92 Å². The molecule has 2 heterocycles. The van der Waals surface area contributed by atoms with E-state index in [9.17, 15) is 13.2 Å². The molecule has 2 fully saturated rings. The van der Waals surface area contributed by atoms with Gasteiger partial charge in [0.1, 0.15) is 0 Å². The number of carbonyl (C=O) groups is 1. The van der Waals surface area contributed by atoms with Crippen LogP contribution < -0.4 is 5.32 Å². The van der Waals surface area contributed by atoms with Gasteiger partial charge in [-0.2, -0.15) is 0 Å². The first-order chi connectivity index (χ1) is 7.98. The smallest absolute Gasteiger partial charge is 0.239 e. The second kappa shape index (κ2) is 4.94. The molecular formula is C11H20N2O3S. The van der Waals surface area contributed by atoms with Gasteiger partial charge in [-0.1, -0.05) is 6.92 Å². The Morgan fingerprint density at radius 3 is 2.53 bits per heavy atom. The fourth-order valence-corrected chi connectivity index (χ4v) is 3.65. The number of hydrogen-bond acceptors (Lipinski definition) is 4. The summed E-state index contributed by atoms with van der Waals surface area (Å²) in [6, 6.07) is -0.112. The van der Waals surface area contributed by atoms with Crippen LogP contribution in [-0.4, -0.2) is 56.4 Å². The number of amides is 1. The molecule has 0 radical (unpaired) electrons. The van der Waals surface area contributed by atoms with Gasteiger partial charge in [-0.05, 0) is 25.3 Å². The molecule has 1 amide bonds. The van der Waals surface area contributed by atoms with E-state index < -0.39 is 9.84 Å². The Bertz CT molecular complexity index is 380.